The summed E-state index contributed by atoms with van der Waals surface area (Å²) in [6.45, 7) is 3.47. The second-order valence-electron chi connectivity index (χ2n) is 6.29. The van der Waals surface area contributed by atoms with E-state index in [0.717, 1.165) is 25.2 Å². The Labute approximate surface area is 134 Å². The summed E-state index contributed by atoms with van der Waals surface area (Å²) in [6.07, 6.45) is 1.03. The van der Waals surface area contributed by atoms with Crippen LogP contribution in [0.3, 0.4) is 0 Å². The fourth-order valence-corrected chi connectivity index (χ4v) is 3.65. The number of nitrogens with one attached hydrogen (secondary N) is 3. The van der Waals surface area contributed by atoms with E-state index in [4.69, 9.17) is 0 Å². The highest BCUT2D eigenvalue weighted by atomic mass is 16.2. The first kappa shape index (κ1) is 15.7. The van der Waals surface area contributed by atoms with Crippen LogP contribution in [0.15, 0.2) is 23.0 Å². The summed E-state index contributed by atoms with van der Waals surface area (Å²) < 4.78 is 1.85. The summed E-state index contributed by atoms with van der Waals surface area (Å²) in [7, 11) is 0. The lowest BCUT2D eigenvalue weighted by molar-refractivity contribution is -0.125. The first-order valence-corrected chi connectivity index (χ1v) is 7.99. The normalized spacial score (nSPS) is 25.3. The summed E-state index contributed by atoms with van der Waals surface area (Å²) in [5.41, 5.74) is 1.03. The zero-order valence-electron chi connectivity index (χ0n) is 13.2. The molecule has 3 heterocycles. The molecule has 2 aliphatic heterocycles. The minimum absolute atomic E-state index is 0.0137. The van der Waals surface area contributed by atoms with Gasteiger partial charge in [0.05, 0.1) is 12.6 Å². The molecule has 0 aliphatic carbocycles. The predicted molar refractivity (Wildman–Crippen MR) is 85.2 cm³/mol. The van der Waals surface area contributed by atoms with Crippen molar-refractivity contribution in [3.05, 3.63) is 34.2 Å². The molecule has 3 rings (SSSR count). The van der Waals surface area contributed by atoms with E-state index >= 15 is 0 Å². The lowest BCUT2D eigenvalue weighted by Gasteiger charge is -2.43. The van der Waals surface area contributed by atoms with Crippen LogP contribution in [0.4, 0.5) is 0 Å². The maximum absolute atomic E-state index is 12.3. The van der Waals surface area contributed by atoms with Crippen molar-refractivity contribution >= 4 is 11.8 Å². The average Bonchev–Trinajstić information content (AvgIpc) is 2.54. The van der Waals surface area contributed by atoms with Crippen LogP contribution in [-0.4, -0.2) is 42.6 Å². The summed E-state index contributed by atoms with van der Waals surface area (Å²) in [6, 6.07) is 5.32. The van der Waals surface area contributed by atoms with Crippen molar-refractivity contribution < 1.29 is 9.59 Å². The summed E-state index contributed by atoms with van der Waals surface area (Å²) in [5, 5.41) is 8.73. The highest BCUT2D eigenvalue weighted by Gasteiger charge is 2.37. The van der Waals surface area contributed by atoms with Gasteiger partial charge in [-0.15, -0.1) is 0 Å². The van der Waals surface area contributed by atoms with E-state index < -0.39 is 0 Å². The molecule has 2 aliphatic rings. The molecule has 7 heteroatoms. The minimum Gasteiger partial charge on any atom is -0.352 e. The number of carbonyl (C=O) groups excluding carboxylic acids is 2. The van der Waals surface area contributed by atoms with Crippen molar-refractivity contribution in [3.63, 3.8) is 0 Å². The van der Waals surface area contributed by atoms with Gasteiger partial charge in [-0.25, -0.2) is 0 Å². The molecule has 0 unspecified atom stereocenters. The number of piperidine rings is 1. The minimum atomic E-state index is -0.239. The Morgan fingerprint density at radius 1 is 1.30 bits per heavy atom. The lowest BCUT2D eigenvalue weighted by Crippen LogP contribution is -2.51. The van der Waals surface area contributed by atoms with Gasteiger partial charge in [-0.05, 0) is 18.4 Å². The number of amides is 2. The molecule has 1 aromatic heterocycles. The molecule has 0 radical (unpaired) electrons. The molecular weight excluding hydrogens is 296 g/mol. The molecular formula is C16H22N4O3. The van der Waals surface area contributed by atoms with Gasteiger partial charge in [0.25, 0.3) is 5.56 Å². The van der Waals surface area contributed by atoms with Crippen molar-refractivity contribution in [3.8, 4) is 0 Å². The Balaban J connectivity index is 1.76. The van der Waals surface area contributed by atoms with Crippen molar-refractivity contribution in [2.45, 2.75) is 25.3 Å². The second-order valence-corrected chi connectivity index (χ2v) is 6.29. The molecule has 0 saturated carbocycles. The molecule has 1 fully saturated rings. The fourth-order valence-electron chi connectivity index (χ4n) is 3.65. The average molecular weight is 318 g/mol. The molecule has 124 valence electrons. The maximum atomic E-state index is 12.3. The van der Waals surface area contributed by atoms with Crippen LogP contribution in [0.25, 0.3) is 0 Å². The molecule has 23 heavy (non-hydrogen) atoms. The standard InChI is InChI=1S/C16H22N4O3/c1-10(21)18-9-15(22)19-8-14-12-5-11(6-17-7-12)13-3-2-4-16(23)20(13)14/h2-4,11-12,14,17H,5-9H2,1H3,(H,18,21)(H,19,22)/t11-,12+,14+/m1/s1. The Morgan fingerprint density at radius 3 is 2.91 bits per heavy atom. The number of carbonyl (C=O) groups is 2. The number of nitrogens with zero attached hydrogens (tertiary/aromatic N) is 1. The van der Waals surface area contributed by atoms with Gasteiger partial charge in [0.1, 0.15) is 0 Å². The zero-order chi connectivity index (χ0) is 16.4. The molecule has 3 atom stereocenters. The summed E-state index contributed by atoms with van der Waals surface area (Å²) >= 11 is 0. The van der Waals surface area contributed by atoms with Gasteiger partial charge < -0.3 is 20.5 Å². The van der Waals surface area contributed by atoms with Crippen LogP contribution in [0, 0.1) is 5.92 Å². The van der Waals surface area contributed by atoms with Crippen LogP contribution in [0.2, 0.25) is 0 Å². The zero-order valence-corrected chi connectivity index (χ0v) is 13.2. The van der Waals surface area contributed by atoms with Gasteiger partial charge >= 0.3 is 0 Å². The van der Waals surface area contributed by atoms with Crippen molar-refractivity contribution in [2.24, 2.45) is 5.92 Å². The highest BCUT2D eigenvalue weighted by Crippen LogP contribution is 2.37. The van der Waals surface area contributed by atoms with Crippen molar-refractivity contribution in [1.29, 1.82) is 0 Å². The first-order valence-electron chi connectivity index (χ1n) is 7.99. The van der Waals surface area contributed by atoms with Gasteiger partial charge in [0.15, 0.2) is 0 Å². The quantitative estimate of drug-likeness (QED) is 0.688. The van der Waals surface area contributed by atoms with Gasteiger partial charge in [-0.2, -0.15) is 0 Å². The number of rotatable bonds is 4. The molecule has 0 spiro atoms. The topological polar surface area (TPSA) is 92.2 Å². The molecule has 3 N–H and O–H groups in total. The van der Waals surface area contributed by atoms with E-state index in [1.165, 1.54) is 6.92 Å². The number of fused-ring (bicyclic) bond motifs is 4. The highest BCUT2D eigenvalue weighted by molar-refractivity contribution is 5.83. The third-order valence-corrected chi connectivity index (χ3v) is 4.71. The molecule has 7 nitrogen and oxygen atoms in total. The Bertz CT molecular complexity index is 670. The van der Waals surface area contributed by atoms with E-state index in [1.54, 1.807) is 12.1 Å². The predicted octanol–water partition coefficient (Wildman–Crippen LogP) is -0.652. The Kier molecular flexibility index (Phi) is 4.47. The number of aromatic nitrogens is 1. The van der Waals surface area contributed by atoms with Gasteiger partial charge in [0, 0.05) is 44.2 Å². The van der Waals surface area contributed by atoms with E-state index in [1.807, 2.05) is 10.6 Å². The van der Waals surface area contributed by atoms with E-state index in [0.29, 0.717) is 18.4 Å². The Morgan fingerprint density at radius 2 is 2.13 bits per heavy atom. The van der Waals surface area contributed by atoms with Crippen LogP contribution in [-0.2, 0) is 9.59 Å². The SMILES string of the molecule is CC(=O)NCC(=O)NC[C@H]1[C@@H]2CNC[C@@H](C2)c2cccc(=O)n21. The van der Waals surface area contributed by atoms with Crippen LogP contribution >= 0.6 is 0 Å². The molecule has 1 aromatic rings. The Hall–Kier alpha value is -2.15. The second kappa shape index (κ2) is 6.54. The van der Waals surface area contributed by atoms with Crippen LogP contribution in [0.5, 0.6) is 0 Å². The number of hydrogen-bond donors (Lipinski definition) is 3. The summed E-state index contributed by atoms with van der Waals surface area (Å²) in [5.74, 6) is 0.201. The monoisotopic (exact) mass is 318 g/mol. The molecule has 1 saturated heterocycles. The van der Waals surface area contributed by atoms with Gasteiger partial charge in [-0.3, -0.25) is 14.4 Å². The fraction of sp³-hybridized carbons (Fsp3) is 0.562. The number of pyridine rings is 1. The summed E-state index contributed by atoms with van der Waals surface area (Å²) in [4.78, 5) is 35.0. The molecule has 0 aromatic carbocycles. The largest absolute Gasteiger partial charge is 0.352 e. The maximum Gasteiger partial charge on any atom is 0.251 e. The van der Waals surface area contributed by atoms with Crippen molar-refractivity contribution in [1.82, 2.24) is 20.5 Å². The van der Waals surface area contributed by atoms with Crippen molar-refractivity contribution in [2.75, 3.05) is 26.2 Å². The van der Waals surface area contributed by atoms with Gasteiger partial charge in [-0.1, -0.05) is 6.07 Å². The smallest absolute Gasteiger partial charge is 0.251 e. The third kappa shape index (κ3) is 3.29. The molecule has 2 bridgehead atoms. The van der Waals surface area contributed by atoms with E-state index in [-0.39, 0.29) is 30.0 Å². The van der Waals surface area contributed by atoms with Crippen LogP contribution < -0.4 is 21.5 Å². The molecule has 2 amide bonds. The number of hydrogen-bond acceptors (Lipinski definition) is 4. The van der Waals surface area contributed by atoms with Crippen LogP contribution in [0.1, 0.15) is 31.0 Å². The van der Waals surface area contributed by atoms with Gasteiger partial charge in [0.2, 0.25) is 11.8 Å². The lowest BCUT2D eigenvalue weighted by atomic mass is 9.79. The van der Waals surface area contributed by atoms with E-state index in [9.17, 15) is 14.4 Å². The van der Waals surface area contributed by atoms with E-state index in [2.05, 4.69) is 16.0 Å². The third-order valence-electron chi connectivity index (χ3n) is 4.71. The first-order chi connectivity index (χ1) is 11.1.